The standard InChI is InChI=1S/C23H19F5N4O3/c24-16-2-1-3-18(8-16)32-19(9-20(31-32)30-22(34)15-7-21(33)29-10-15)14-4-13(5-17(25)6-14)11-35-12-23(26,27)28/h1-6,8-9,15H,7,10-12H2,(H,29,33)(H,30,31,34)/t15-/m0/s1. The lowest BCUT2D eigenvalue weighted by Gasteiger charge is -2.11. The molecule has 2 N–H and O–H groups in total. The first-order valence-corrected chi connectivity index (χ1v) is 10.5. The molecule has 2 heterocycles. The molecular formula is C23H19F5N4O3. The van der Waals surface area contributed by atoms with Crippen molar-refractivity contribution >= 4 is 17.6 Å². The molecule has 2 amide bonds. The Morgan fingerprint density at radius 1 is 1.14 bits per heavy atom. The van der Waals surface area contributed by atoms with Gasteiger partial charge in [-0.2, -0.15) is 13.2 Å². The zero-order valence-electron chi connectivity index (χ0n) is 18.0. The van der Waals surface area contributed by atoms with Gasteiger partial charge in [0.05, 0.1) is 23.9 Å². The summed E-state index contributed by atoms with van der Waals surface area (Å²) < 4.78 is 71.3. The predicted octanol–water partition coefficient (Wildman–Crippen LogP) is 3.97. The van der Waals surface area contributed by atoms with Crippen LogP contribution in [0.25, 0.3) is 16.9 Å². The lowest BCUT2D eigenvalue weighted by atomic mass is 10.1. The minimum Gasteiger partial charge on any atom is -0.367 e. The lowest BCUT2D eigenvalue weighted by molar-refractivity contribution is -0.176. The summed E-state index contributed by atoms with van der Waals surface area (Å²) in [6.07, 6.45) is -4.51. The van der Waals surface area contributed by atoms with Crippen molar-refractivity contribution in [1.29, 1.82) is 0 Å². The fourth-order valence-corrected chi connectivity index (χ4v) is 3.64. The van der Waals surface area contributed by atoms with Gasteiger partial charge in [-0.1, -0.05) is 6.07 Å². The summed E-state index contributed by atoms with van der Waals surface area (Å²) in [5.41, 5.74) is 0.850. The van der Waals surface area contributed by atoms with Gasteiger partial charge in [0.15, 0.2) is 5.82 Å². The van der Waals surface area contributed by atoms with E-state index in [1.807, 2.05) is 0 Å². The van der Waals surface area contributed by atoms with E-state index in [4.69, 9.17) is 0 Å². The fraction of sp³-hybridized carbons (Fsp3) is 0.261. The third-order valence-electron chi connectivity index (χ3n) is 5.15. The van der Waals surface area contributed by atoms with Crippen molar-refractivity contribution in [1.82, 2.24) is 15.1 Å². The van der Waals surface area contributed by atoms with E-state index in [2.05, 4.69) is 20.5 Å². The van der Waals surface area contributed by atoms with Crippen molar-refractivity contribution < 1.29 is 36.3 Å². The zero-order chi connectivity index (χ0) is 25.2. The highest BCUT2D eigenvalue weighted by Gasteiger charge is 2.29. The van der Waals surface area contributed by atoms with Crippen molar-refractivity contribution in [2.45, 2.75) is 19.2 Å². The summed E-state index contributed by atoms with van der Waals surface area (Å²) in [7, 11) is 0. The Morgan fingerprint density at radius 2 is 1.94 bits per heavy atom. The Morgan fingerprint density at radius 3 is 2.63 bits per heavy atom. The van der Waals surface area contributed by atoms with E-state index in [9.17, 15) is 31.5 Å². The van der Waals surface area contributed by atoms with E-state index in [0.717, 1.165) is 12.1 Å². The van der Waals surface area contributed by atoms with Crippen LogP contribution in [-0.2, 0) is 20.9 Å². The van der Waals surface area contributed by atoms with Crippen LogP contribution in [0.15, 0.2) is 48.5 Å². The number of benzene rings is 2. The topological polar surface area (TPSA) is 85.2 Å². The second-order valence-corrected chi connectivity index (χ2v) is 7.96. The molecule has 0 unspecified atom stereocenters. The number of aromatic nitrogens is 2. The molecule has 12 heteroatoms. The maximum atomic E-state index is 14.4. The number of carbonyl (C=O) groups excluding carboxylic acids is 2. The number of hydrogen-bond donors (Lipinski definition) is 2. The summed E-state index contributed by atoms with van der Waals surface area (Å²) in [4.78, 5) is 23.9. The normalized spacial score (nSPS) is 15.8. The molecule has 1 aliphatic rings. The molecule has 3 aromatic rings. The Bertz CT molecular complexity index is 1260. The van der Waals surface area contributed by atoms with Gasteiger partial charge in [-0.25, -0.2) is 13.5 Å². The van der Waals surface area contributed by atoms with Gasteiger partial charge >= 0.3 is 6.18 Å². The molecule has 1 saturated heterocycles. The number of rotatable bonds is 7. The molecule has 7 nitrogen and oxygen atoms in total. The lowest BCUT2D eigenvalue weighted by Crippen LogP contribution is -2.24. The molecule has 35 heavy (non-hydrogen) atoms. The summed E-state index contributed by atoms with van der Waals surface area (Å²) in [5.74, 6) is -2.55. The molecule has 184 valence electrons. The van der Waals surface area contributed by atoms with Crippen LogP contribution < -0.4 is 10.6 Å². The van der Waals surface area contributed by atoms with Crippen molar-refractivity contribution in [2.75, 3.05) is 18.5 Å². The molecule has 0 spiro atoms. The summed E-state index contributed by atoms with van der Waals surface area (Å²) in [5, 5.41) is 9.45. The third kappa shape index (κ3) is 6.21. The minimum atomic E-state index is -4.53. The van der Waals surface area contributed by atoms with Gasteiger partial charge < -0.3 is 15.4 Å². The number of nitrogens with one attached hydrogen (secondary N) is 2. The first-order chi connectivity index (χ1) is 16.6. The average Bonchev–Trinajstić information content (AvgIpc) is 3.39. The SMILES string of the molecule is O=C1C[C@H](C(=O)Nc2cc(-c3cc(F)cc(COCC(F)(F)F)c3)n(-c3cccc(F)c3)n2)CN1. The van der Waals surface area contributed by atoms with E-state index in [-0.39, 0.29) is 47.2 Å². The second-order valence-electron chi connectivity index (χ2n) is 7.96. The van der Waals surface area contributed by atoms with Crippen molar-refractivity contribution in [3.05, 3.63) is 65.7 Å². The summed E-state index contributed by atoms with van der Waals surface area (Å²) in [6, 6.07) is 10.4. The maximum Gasteiger partial charge on any atom is 0.411 e. The van der Waals surface area contributed by atoms with Crippen molar-refractivity contribution in [2.24, 2.45) is 5.92 Å². The Balaban J connectivity index is 1.67. The predicted molar refractivity (Wildman–Crippen MR) is 114 cm³/mol. The maximum absolute atomic E-state index is 14.4. The van der Waals surface area contributed by atoms with Gasteiger partial charge in [0.2, 0.25) is 11.8 Å². The molecule has 4 rings (SSSR count). The first-order valence-electron chi connectivity index (χ1n) is 10.5. The van der Waals surface area contributed by atoms with Crippen LogP contribution in [0.3, 0.4) is 0 Å². The van der Waals surface area contributed by atoms with E-state index in [1.165, 1.54) is 41.1 Å². The quantitative estimate of drug-likeness (QED) is 0.487. The number of hydrogen-bond acceptors (Lipinski definition) is 4. The van der Waals surface area contributed by atoms with Gasteiger partial charge in [-0.05, 0) is 42.0 Å². The second kappa shape index (κ2) is 9.82. The highest BCUT2D eigenvalue weighted by molar-refractivity contribution is 5.97. The number of alkyl halides is 3. The van der Waals surface area contributed by atoms with Crippen LogP contribution in [0.4, 0.5) is 27.8 Å². The Labute approximate surface area is 195 Å². The Hall–Kier alpha value is -3.80. The van der Waals surface area contributed by atoms with Crippen LogP contribution in [-0.4, -0.2) is 40.9 Å². The largest absolute Gasteiger partial charge is 0.411 e. The molecule has 1 aromatic heterocycles. The van der Waals surface area contributed by atoms with E-state index < -0.39 is 42.8 Å². The van der Waals surface area contributed by atoms with Gasteiger partial charge in [0.1, 0.15) is 18.2 Å². The van der Waals surface area contributed by atoms with Crippen molar-refractivity contribution in [3.8, 4) is 16.9 Å². The molecule has 1 fully saturated rings. The van der Waals surface area contributed by atoms with Crippen LogP contribution in [0, 0.1) is 17.6 Å². The summed E-state index contributed by atoms with van der Waals surface area (Å²) in [6.45, 7) is -1.81. The van der Waals surface area contributed by atoms with Crippen LogP contribution in [0.1, 0.15) is 12.0 Å². The molecule has 1 aliphatic heterocycles. The van der Waals surface area contributed by atoms with E-state index >= 15 is 0 Å². The number of ether oxygens (including phenoxy) is 1. The monoisotopic (exact) mass is 494 g/mol. The minimum absolute atomic E-state index is 0.0223. The van der Waals surface area contributed by atoms with Crippen LogP contribution in [0.2, 0.25) is 0 Å². The Kier molecular flexibility index (Phi) is 6.83. The van der Waals surface area contributed by atoms with E-state index in [0.29, 0.717) is 0 Å². The molecule has 0 saturated carbocycles. The highest BCUT2D eigenvalue weighted by Crippen LogP contribution is 2.29. The van der Waals surface area contributed by atoms with Gasteiger partial charge in [-0.3, -0.25) is 9.59 Å². The smallest absolute Gasteiger partial charge is 0.367 e. The summed E-state index contributed by atoms with van der Waals surface area (Å²) >= 11 is 0. The third-order valence-corrected chi connectivity index (χ3v) is 5.15. The van der Waals surface area contributed by atoms with Crippen molar-refractivity contribution in [3.63, 3.8) is 0 Å². The molecular weight excluding hydrogens is 475 g/mol. The number of halogens is 5. The highest BCUT2D eigenvalue weighted by atomic mass is 19.4. The van der Waals surface area contributed by atoms with Gasteiger partial charge in [-0.15, -0.1) is 5.10 Å². The molecule has 1 atom stereocenters. The molecule has 2 aromatic carbocycles. The number of amides is 2. The van der Waals surface area contributed by atoms with E-state index in [1.54, 1.807) is 0 Å². The molecule has 0 radical (unpaired) electrons. The molecule has 0 bridgehead atoms. The average molecular weight is 494 g/mol. The number of anilines is 1. The fourth-order valence-electron chi connectivity index (χ4n) is 3.64. The number of carbonyl (C=O) groups is 2. The van der Waals surface area contributed by atoms with Crippen LogP contribution in [0.5, 0.6) is 0 Å². The van der Waals surface area contributed by atoms with Gasteiger partial charge in [0.25, 0.3) is 0 Å². The van der Waals surface area contributed by atoms with Gasteiger partial charge in [0, 0.05) is 24.6 Å². The van der Waals surface area contributed by atoms with Crippen LogP contribution >= 0.6 is 0 Å². The first kappa shape index (κ1) is 24.3. The molecule has 0 aliphatic carbocycles. The number of nitrogens with zero attached hydrogens (tertiary/aromatic N) is 2. The zero-order valence-corrected chi connectivity index (χ0v) is 18.0.